The molecular formula is C31H54O2. The van der Waals surface area contributed by atoms with Crippen molar-refractivity contribution < 1.29 is 9.53 Å². The number of esters is 1. The quantitative estimate of drug-likeness (QED) is 0.128. The molecule has 0 bridgehead atoms. The Balaban J connectivity index is 2.33. The van der Waals surface area contributed by atoms with Gasteiger partial charge >= 0.3 is 5.97 Å². The van der Waals surface area contributed by atoms with Crippen molar-refractivity contribution in [1.82, 2.24) is 0 Å². The second kappa shape index (κ2) is 20.1. The maximum absolute atomic E-state index is 12.4. The minimum absolute atomic E-state index is 0.0176. The van der Waals surface area contributed by atoms with Crippen LogP contribution in [0.1, 0.15) is 142 Å². The van der Waals surface area contributed by atoms with E-state index < -0.39 is 0 Å². The summed E-state index contributed by atoms with van der Waals surface area (Å²) >= 11 is 0. The zero-order chi connectivity index (χ0) is 24.0. The van der Waals surface area contributed by atoms with Crippen LogP contribution in [0.15, 0.2) is 30.3 Å². The van der Waals surface area contributed by atoms with Gasteiger partial charge in [0.05, 0.1) is 6.61 Å². The molecule has 0 aliphatic rings. The van der Waals surface area contributed by atoms with Crippen LogP contribution in [0.3, 0.4) is 0 Å². The third kappa shape index (κ3) is 16.9. The first kappa shape index (κ1) is 29.7. The van der Waals surface area contributed by atoms with Gasteiger partial charge in [-0.1, -0.05) is 141 Å². The maximum atomic E-state index is 12.4. The molecule has 1 aromatic rings. The van der Waals surface area contributed by atoms with Crippen LogP contribution in [-0.2, 0) is 16.0 Å². The number of hydrogen-bond donors (Lipinski definition) is 0. The molecular weight excluding hydrogens is 404 g/mol. The third-order valence-electron chi connectivity index (χ3n) is 7.04. The first-order valence-corrected chi connectivity index (χ1v) is 14.3. The van der Waals surface area contributed by atoms with Crippen molar-refractivity contribution in [3.05, 3.63) is 35.9 Å². The number of ether oxygens (including phenoxy) is 1. The molecule has 1 aromatic carbocycles. The van der Waals surface area contributed by atoms with E-state index in [4.69, 9.17) is 4.74 Å². The Morgan fingerprint density at radius 2 is 1.18 bits per heavy atom. The van der Waals surface area contributed by atoms with Gasteiger partial charge in [-0.25, -0.2) is 0 Å². The Morgan fingerprint density at radius 1 is 0.697 bits per heavy atom. The normalized spacial score (nSPS) is 13.1. The van der Waals surface area contributed by atoms with E-state index >= 15 is 0 Å². The van der Waals surface area contributed by atoms with Gasteiger partial charge in [-0.15, -0.1) is 0 Å². The van der Waals surface area contributed by atoms with Crippen molar-refractivity contribution in [3.63, 3.8) is 0 Å². The summed E-state index contributed by atoms with van der Waals surface area (Å²) in [5.74, 6) is -0.0176. The molecule has 0 saturated carbocycles. The van der Waals surface area contributed by atoms with E-state index in [-0.39, 0.29) is 11.4 Å². The zero-order valence-electron chi connectivity index (χ0n) is 22.3. The summed E-state index contributed by atoms with van der Waals surface area (Å²) in [7, 11) is 0. The Hall–Kier alpha value is -1.31. The highest BCUT2D eigenvalue weighted by Crippen LogP contribution is 2.32. The topological polar surface area (TPSA) is 26.3 Å². The minimum Gasteiger partial charge on any atom is -0.465 e. The van der Waals surface area contributed by atoms with E-state index in [9.17, 15) is 4.79 Å². The molecule has 2 heteroatoms. The Bertz CT molecular complexity index is 568. The Labute approximate surface area is 206 Å². The Morgan fingerprint density at radius 3 is 1.70 bits per heavy atom. The van der Waals surface area contributed by atoms with Gasteiger partial charge in [0.15, 0.2) is 0 Å². The van der Waals surface area contributed by atoms with Gasteiger partial charge in [-0.05, 0) is 31.2 Å². The largest absolute Gasteiger partial charge is 0.465 e. The van der Waals surface area contributed by atoms with Crippen LogP contribution in [0, 0.1) is 5.41 Å². The van der Waals surface area contributed by atoms with E-state index in [1.807, 2.05) is 6.07 Å². The zero-order valence-corrected chi connectivity index (χ0v) is 22.3. The van der Waals surface area contributed by atoms with E-state index in [0.717, 1.165) is 12.8 Å². The molecule has 0 heterocycles. The fourth-order valence-electron chi connectivity index (χ4n) is 4.70. The van der Waals surface area contributed by atoms with Gasteiger partial charge in [0.25, 0.3) is 0 Å². The van der Waals surface area contributed by atoms with E-state index in [1.165, 1.54) is 108 Å². The predicted molar refractivity (Wildman–Crippen MR) is 144 cm³/mol. The molecule has 0 aromatic heterocycles. The molecule has 0 aliphatic heterocycles. The Kier molecular flexibility index (Phi) is 18.1. The van der Waals surface area contributed by atoms with Gasteiger partial charge in [0, 0.05) is 11.8 Å². The molecule has 1 unspecified atom stereocenters. The van der Waals surface area contributed by atoms with Crippen molar-refractivity contribution in [2.75, 3.05) is 6.61 Å². The SMILES string of the molecule is CCCCCCCCCCC(C)(CCCCCCCC)COC(=O)CCCc1ccccc1. The first-order valence-electron chi connectivity index (χ1n) is 14.3. The molecule has 0 N–H and O–H groups in total. The molecule has 0 aliphatic carbocycles. The third-order valence-corrected chi connectivity index (χ3v) is 7.04. The standard InChI is InChI=1S/C31H54O2/c1-4-6-8-10-12-13-15-20-27-31(3,26-19-14-11-9-7-5-2)28-33-30(32)25-21-24-29-22-17-16-18-23-29/h16-18,22-23H,4-15,19-21,24-28H2,1-3H3. The van der Waals surface area contributed by atoms with E-state index in [2.05, 4.69) is 45.0 Å². The summed E-state index contributed by atoms with van der Waals surface area (Å²) in [6.07, 6.45) is 23.5. The molecule has 2 nitrogen and oxygen atoms in total. The lowest BCUT2D eigenvalue weighted by Crippen LogP contribution is -2.25. The lowest BCUT2D eigenvalue weighted by molar-refractivity contribution is -0.147. The fourth-order valence-corrected chi connectivity index (χ4v) is 4.70. The van der Waals surface area contributed by atoms with Crippen LogP contribution in [0.5, 0.6) is 0 Å². The summed E-state index contributed by atoms with van der Waals surface area (Å²) in [6, 6.07) is 10.4. The monoisotopic (exact) mass is 458 g/mol. The molecule has 190 valence electrons. The lowest BCUT2D eigenvalue weighted by atomic mass is 9.80. The number of hydrogen-bond acceptors (Lipinski definition) is 2. The second-order valence-electron chi connectivity index (χ2n) is 10.6. The number of aryl methyl sites for hydroxylation is 1. The molecule has 0 saturated heterocycles. The van der Waals surface area contributed by atoms with Crippen molar-refractivity contribution in [3.8, 4) is 0 Å². The van der Waals surface area contributed by atoms with Gasteiger partial charge < -0.3 is 4.74 Å². The second-order valence-corrected chi connectivity index (χ2v) is 10.6. The number of carbonyl (C=O) groups is 1. The average Bonchev–Trinajstić information content (AvgIpc) is 2.82. The van der Waals surface area contributed by atoms with E-state index in [0.29, 0.717) is 13.0 Å². The predicted octanol–water partition coefficient (Wildman–Crippen LogP) is 9.84. The molecule has 0 spiro atoms. The van der Waals surface area contributed by atoms with Crippen molar-refractivity contribution in [2.24, 2.45) is 5.41 Å². The van der Waals surface area contributed by atoms with Crippen LogP contribution in [0.25, 0.3) is 0 Å². The lowest BCUT2D eigenvalue weighted by Gasteiger charge is -2.29. The minimum atomic E-state index is -0.0176. The van der Waals surface area contributed by atoms with Gasteiger partial charge in [0.2, 0.25) is 0 Å². The van der Waals surface area contributed by atoms with Crippen LogP contribution < -0.4 is 0 Å². The van der Waals surface area contributed by atoms with Gasteiger partial charge in [0.1, 0.15) is 0 Å². The van der Waals surface area contributed by atoms with Crippen LogP contribution in [0.4, 0.5) is 0 Å². The highest BCUT2D eigenvalue weighted by atomic mass is 16.5. The summed E-state index contributed by atoms with van der Waals surface area (Å²) < 4.78 is 5.82. The van der Waals surface area contributed by atoms with Crippen LogP contribution in [-0.4, -0.2) is 12.6 Å². The fraction of sp³-hybridized carbons (Fsp3) is 0.774. The van der Waals surface area contributed by atoms with Crippen molar-refractivity contribution in [2.45, 2.75) is 143 Å². The highest BCUT2D eigenvalue weighted by Gasteiger charge is 2.25. The summed E-state index contributed by atoms with van der Waals surface area (Å²) in [6.45, 7) is 7.51. The molecule has 0 radical (unpaired) electrons. The summed E-state index contributed by atoms with van der Waals surface area (Å²) in [5, 5.41) is 0. The number of carbonyl (C=O) groups excluding carboxylic acids is 1. The average molecular weight is 459 g/mol. The van der Waals surface area contributed by atoms with Gasteiger partial charge in [-0.2, -0.15) is 0 Å². The highest BCUT2D eigenvalue weighted by molar-refractivity contribution is 5.69. The first-order chi connectivity index (χ1) is 16.1. The molecule has 0 fully saturated rings. The van der Waals surface area contributed by atoms with Crippen LogP contribution >= 0.6 is 0 Å². The number of benzene rings is 1. The van der Waals surface area contributed by atoms with Gasteiger partial charge in [-0.3, -0.25) is 4.79 Å². The van der Waals surface area contributed by atoms with E-state index in [1.54, 1.807) is 0 Å². The van der Waals surface area contributed by atoms with Crippen molar-refractivity contribution in [1.29, 1.82) is 0 Å². The van der Waals surface area contributed by atoms with Crippen LogP contribution in [0.2, 0.25) is 0 Å². The van der Waals surface area contributed by atoms with Crippen molar-refractivity contribution >= 4 is 5.97 Å². The number of unbranched alkanes of at least 4 members (excludes halogenated alkanes) is 12. The maximum Gasteiger partial charge on any atom is 0.305 e. The summed E-state index contributed by atoms with van der Waals surface area (Å²) in [4.78, 5) is 12.4. The molecule has 33 heavy (non-hydrogen) atoms. The summed E-state index contributed by atoms with van der Waals surface area (Å²) in [5.41, 5.74) is 1.44. The number of rotatable bonds is 22. The smallest absolute Gasteiger partial charge is 0.305 e. The molecule has 1 atom stereocenters. The molecule has 1 rings (SSSR count). The molecule has 0 amide bonds.